The summed E-state index contributed by atoms with van der Waals surface area (Å²) in [5, 5.41) is 22.5. The first-order valence-corrected chi connectivity index (χ1v) is 13.0. The molecule has 2 aromatic heterocycles. The summed E-state index contributed by atoms with van der Waals surface area (Å²) in [6.07, 6.45) is 8.61. The Kier molecular flexibility index (Phi) is 6.50. The molecule has 35 heavy (non-hydrogen) atoms. The van der Waals surface area contributed by atoms with E-state index in [-0.39, 0.29) is 29.8 Å². The second-order valence-corrected chi connectivity index (χ2v) is 10.6. The molecule has 0 radical (unpaired) electrons. The van der Waals surface area contributed by atoms with Crippen molar-refractivity contribution in [3.8, 4) is 10.4 Å². The fourth-order valence-electron chi connectivity index (χ4n) is 5.65. The van der Waals surface area contributed by atoms with Crippen molar-refractivity contribution in [1.29, 1.82) is 0 Å². The number of aliphatic hydroxyl groups is 1. The van der Waals surface area contributed by atoms with Gasteiger partial charge in [-0.15, -0.1) is 11.3 Å². The number of anilines is 1. The maximum Gasteiger partial charge on any atom is 0.347 e. The number of nitrogens with zero attached hydrogens (tertiary/aromatic N) is 4. The number of esters is 1. The predicted molar refractivity (Wildman–Crippen MR) is 135 cm³/mol. The lowest BCUT2D eigenvalue weighted by molar-refractivity contribution is -0.384. The molecule has 2 fully saturated rings. The van der Waals surface area contributed by atoms with Crippen molar-refractivity contribution in [3.63, 3.8) is 0 Å². The molecule has 2 aliphatic rings. The Morgan fingerprint density at radius 1 is 1.31 bits per heavy atom. The van der Waals surface area contributed by atoms with E-state index in [0.29, 0.717) is 28.0 Å². The first-order chi connectivity index (χ1) is 16.9. The van der Waals surface area contributed by atoms with E-state index in [1.54, 1.807) is 0 Å². The van der Waals surface area contributed by atoms with Gasteiger partial charge in [-0.25, -0.2) is 9.78 Å². The average Bonchev–Trinajstić information content (AvgIpc) is 3.58. The maximum absolute atomic E-state index is 12.8. The van der Waals surface area contributed by atoms with Crippen LogP contribution in [0, 0.1) is 16.0 Å². The molecule has 1 saturated heterocycles. The van der Waals surface area contributed by atoms with Crippen molar-refractivity contribution in [2.75, 3.05) is 25.2 Å². The van der Waals surface area contributed by atoms with Crippen LogP contribution in [0.4, 0.5) is 10.7 Å². The Morgan fingerprint density at radius 3 is 2.74 bits per heavy atom. The van der Waals surface area contributed by atoms with E-state index in [4.69, 9.17) is 4.74 Å². The average molecular weight is 499 g/mol. The van der Waals surface area contributed by atoms with Crippen molar-refractivity contribution in [1.82, 2.24) is 9.55 Å². The number of hydrogen-bond acceptors (Lipinski definition) is 8. The summed E-state index contributed by atoms with van der Waals surface area (Å²) in [5.74, 6) is -0.670. The molecule has 3 aromatic rings. The minimum atomic E-state index is -0.725. The summed E-state index contributed by atoms with van der Waals surface area (Å²) in [4.78, 5) is 31.6. The summed E-state index contributed by atoms with van der Waals surface area (Å²) in [5.41, 5.74) is 2.21. The van der Waals surface area contributed by atoms with E-state index in [1.807, 2.05) is 36.4 Å². The molecule has 9 nitrogen and oxygen atoms in total. The van der Waals surface area contributed by atoms with Gasteiger partial charge >= 0.3 is 11.7 Å². The first-order valence-electron chi connectivity index (χ1n) is 12.2. The van der Waals surface area contributed by atoms with Crippen molar-refractivity contribution in [3.05, 3.63) is 40.2 Å². The lowest BCUT2D eigenvalue weighted by Gasteiger charge is -2.23. The fourth-order valence-corrected chi connectivity index (χ4v) is 7.02. The van der Waals surface area contributed by atoms with Crippen LogP contribution in [0.5, 0.6) is 0 Å². The van der Waals surface area contributed by atoms with Crippen LogP contribution in [0.1, 0.15) is 61.8 Å². The number of rotatable bonds is 6. The molecule has 1 saturated carbocycles. The molecule has 1 aliphatic heterocycles. The third-order valence-electron chi connectivity index (χ3n) is 7.42. The third kappa shape index (κ3) is 4.18. The topological polar surface area (TPSA) is 111 Å². The van der Waals surface area contributed by atoms with E-state index in [9.17, 15) is 20.0 Å². The molecular formula is C25H30N4O5S. The SMILES string of the molecule is COC(=O)c1c(N2C[C@@H](CO)C[C@H]2C)sc(-c2ccc3c(c2)ncn3C2CCCCC2)c1[N+](=O)[O-]. The van der Waals surface area contributed by atoms with Gasteiger partial charge in [-0.05, 0) is 38.3 Å². The van der Waals surface area contributed by atoms with Gasteiger partial charge in [0.1, 0.15) is 9.88 Å². The van der Waals surface area contributed by atoms with Crippen molar-refractivity contribution in [2.45, 2.75) is 57.5 Å². The van der Waals surface area contributed by atoms with Crippen LogP contribution in [0.3, 0.4) is 0 Å². The van der Waals surface area contributed by atoms with E-state index in [1.165, 1.54) is 37.7 Å². The normalized spacial score (nSPS) is 21.1. The maximum atomic E-state index is 12.8. The molecule has 10 heteroatoms. The number of thiophene rings is 1. The van der Waals surface area contributed by atoms with Crippen LogP contribution < -0.4 is 4.90 Å². The molecule has 1 aromatic carbocycles. The number of carbonyl (C=O) groups is 1. The lowest BCUT2D eigenvalue weighted by Crippen LogP contribution is -2.27. The number of hydrogen-bond donors (Lipinski definition) is 1. The number of nitro groups is 1. The van der Waals surface area contributed by atoms with Crippen LogP contribution >= 0.6 is 11.3 Å². The Hall–Kier alpha value is -2.98. The van der Waals surface area contributed by atoms with E-state index >= 15 is 0 Å². The Balaban J connectivity index is 1.61. The summed E-state index contributed by atoms with van der Waals surface area (Å²) in [7, 11) is 1.24. The fraction of sp³-hybridized carbons (Fsp3) is 0.520. The molecule has 2 atom stereocenters. The smallest absolute Gasteiger partial charge is 0.347 e. The first kappa shape index (κ1) is 23.7. The number of methoxy groups -OCH3 is 1. The van der Waals surface area contributed by atoms with Crippen molar-refractivity contribution >= 4 is 39.0 Å². The second-order valence-electron chi connectivity index (χ2n) is 9.64. The van der Waals surface area contributed by atoms with E-state index in [2.05, 4.69) is 9.55 Å². The lowest BCUT2D eigenvalue weighted by atomic mass is 9.95. The number of carbonyl (C=O) groups excluding carboxylic acids is 1. The van der Waals surface area contributed by atoms with Gasteiger partial charge in [0.05, 0.1) is 29.4 Å². The van der Waals surface area contributed by atoms with Gasteiger partial charge < -0.3 is 19.3 Å². The Bertz CT molecular complexity index is 1260. The number of imidazole rings is 1. The van der Waals surface area contributed by atoms with Gasteiger partial charge in [0, 0.05) is 36.7 Å². The van der Waals surface area contributed by atoms with Crippen LogP contribution in [0.15, 0.2) is 24.5 Å². The minimum absolute atomic E-state index is 0.0178. The number of benzene rings is 1. The zero-order valence-electron chi connectivity index (χ0n) is 20.0. The van der Waals surface area contributed by atoms with Gasteiger partial charge in [0.15, 0.2) is 5.56 Å². The largest absolute Gasteiger partial charge is 0.465 e. The second kappa shape index (κ2) is 9.58. The minimum Gasteiger partial charge on any atom is -0.465 e. The van der Waals surface area contributed by atoms with E-state index < -0.39 is 10.9 Å². The van der Waals surface area contributed by atoms with E-state index in [0.717, 1.165) is 30.3 Å². The summed E-state index contributed by atoms with van der Waals surface area (Å²) < 4.78 is 7.21. The zero-order chi connectivity index (χ0) is 24.7. The molecular weight excluding hydrogens is 468 g/mol. The Morgan fingerprint density at radius 2 is 2.09 bits per heavy atom. The molecule has 5 rings (SSSR count). The van der Waals surface area contributed by atoms with Crippen molar-refractivity contribution in [2.24, 2.45) is 5.92 Å². The number of fused-ring (bicyclic) bond motifs is 1. The molecule has 0 amide bonds. The van der Waals surface area contributed by atoms with Crippen LogP contribution in [-0.4, -0.2) is 51.9 Å². The van der Waals surface area contributed by atoms with Gasteiger partial charge in [-0.2, -0.15) is 0 Å². The van der Waals surface area contributed by atoms with Crippen LogP contribution in [0.2, 0.25) is 0 Å². The monoisotopic (exact) mass is 498 g/mol. The number of aliphatic hydroxyl groups excluding tert-OH is 1. The third-order valence-corrected chi connectivity index (χ3v) is 8.69. The molecule has 0 spiro atoms. The highest BCUT2D eigenvalue weighted by atomic mass is 32.1. The zero-order valence-corrected chi connectivity index (χ0v) is 20.8. The standard InChI is InChI=1S/C25H30N4O5S/c1-15-10-16(13-30)12-27(15)24-21(25(31)34-2)22(29(32)33)23(35-24)17-8-9-20-19(11-17)26-14-28(20)18-6-4-3-5-7-18/h8-9,11,14-16,18,30H,3-7,10,12-13H2,1-2H3/t15-,16+/m1/s1. The van der Waals surface area contributed by atoms with Gasteiger partial charge in [0.25, 0.3) is 0 Å². The van der Waals surface area contributed by atoms with Crippen LogP contribution in [0.25, 0.3) is 21.5 Å². The molecule has 186 valence electrons. The van der Waals surface area contributed by atoms with Crippen molar-refractivity contribution < 1.29 is 19.6 Å². The van der Waals surface area contributed by atoms with Crippen LogP contribution in [-0.2, 0) is 4.74 Å². The van der Waals surface area contributed by atoms with Gasteiger partial charge in [-0.3, -0.25) is 10.1 Å². The summed E-state index contributed by atoms with van der Waals surface area (Å²) in [6, 6.07) is 6.21. The predicted octanol–water partition coefficient (Wildman–Crippen LogP) is 5.17. The molecule has 1 N–H and O–H groups in total. The van der Waals surface area contributed by atoms with Gasteiger partial charge in [0.2, 0.25) is 0 Å². The molecule has 3 heterocycles. The highest BCUT2D eigenvalue weighted by Gasteiger charge is 2.39. The molecule has 0 bridgehead atoms. The summed E-state index contributed by atoms with van der Waals surface area (Å²) >= 11 is 1.24. The number of aromatic nitrogens is 2. The molecule has 0 unspecified atom stereocenters. The number of ether oxygens (including phenoxy) is 1. The Labute approximate surface area is 207 Å². The molecule has 1 aliphatic carbocycles. The van der Waals surface area contributed by atoms with Gasteiger partial charge in [-0.1, -0.05) is 25.3 Å². The highest BCUT2D eigenvalue weighted by Crippen LogP contribution is 2.49. The highest BCUT2D eigenvalue weighted by molar-refractivity contribution is 7.20. The quantitative estimate of drug-likeness (QED) is 0.283. The summed E-state index contributed by atoms with van der Waals surface area (Å²) in [6.45, 7) is 2.57.